The summed E-state index contributed by atoms with van der Waals surface area (Å²) in [6.07, 6.45) is 2.63. The first-order chi connectivity index (χ1) is 9.78. The van der Waals surface area contributed by atoms with Crippen LogP contribution in [0.25, 0.3) is 0 Å². The fourth-order valence-electron chi connectivity index (χ4n) is 2.59. The zero-order valence-corrected chi connectivity index (χ0v) is 13.1. The van der Waals surface area contributed by atoms with E-state index in [1.54, 1.807) is 0 Å². The Balaban J connectivity index is 1.60. The van der Waals surface area contributed by atoms with Crippen LogP contribution in [0.2, 0.25) is 0 Å². The monoisotopic (exact) mass is 296 g/mol. The second-order valence-electron chi connectivity index (χ2n) is 5.40. The van der Waals surface area contributed by atoms with Crippen LogP contribution in [0.5, 0.6) is 0 Å². The summed E-state index contributed by atoms with van der Waals surface area (Å²) in [7, 11) is 0. The maximum atomic E-state index is 12.8. The molecule has 0 atom stereocenters. The first-order valence-electron chi connectivity index (χ1n) is 7.59. The first-order valence-corrected chi connectivity index (χ1v) is 8.58. The van der Waals surface area contributed by atoms with E-state index < -0.39 is 0 Å². The Morgan fingerprint density at radius 1 is 1.25 bits per heavy atom. The van der Waals surface area contributed by atoms with Crippen LogP contribution >= 0.6 is 11.8 Å². The molecule has 1 aliphatic heterocycles. The minimum atomic E-state index is -0.155. The molecule has 1 heterocycles. The molecule has 1 aromatic rings. The molecule has 0 amide bonds. The van der Waals surface area contributed by atoms with Crippen LogP contribution in [-0.2, 0) is 0 Å². The van der Waals surface area contributed by atoms with E-state index in [0.717, 1.165) is 29.7 Å². The molecule has 1 N–H and O–H groups in total. The Hall–Kier alpha value is -0.580. The Kier molecular flexibility index (Phi) is 6.83. The highest BCUT2D eigenvalue weighted by molar-refractivity contribution is 7.99. The standard InChI is InChI=1S/C16H25FN2S/c1-2-18-13-14-7-9-19(10-8-14)11-12-20-16-5-3-15(17)4-6-16/h3-6,14,18H,2,7-13H2,1H3. The number of nitrogens with one attached hydrogen (secondary N) is 1. The number of nitrogens with zero attached hydrogens (tertiary/aromatic N) is 1. The summed E-state index contributed by atoms with van der Waals surface area (Å²) in [5, 5.41) is 3.45. The van der Waals surface area contributed by atoms with Crippen molar-refractivity contribution in [3.63, 3.8) is 0 Å². The average molecular weight is 296 g/mol. The third-order valence-electron chi connectivity index (χ3n) is 3.88. The summed E-state index contributed by atoms with van der Waals surface area (Å²) < 4.78 is 12.8. The normalized spacial score (nSPS) is 17.5. The van der Waals surface area contributed by atoms with Gasteiger partial charge in [-0.25, -0.2) is 4.39 Å². The van der Waals surface area contributed by atoms with Crippen molar-refractivity contribution in [2.45, 2.75) is 24.7 Å². The molecule has 112 valence electrons. The van der Waals surface area contributed by atoms with Gasteiger partial charge in [0.15, 0.2) is 0 Å². The maximum absolute atomic E-state index is 12.8. The summed E-state index contributed by atoms with van der Waals surface area (Å²) >= 11 is 1.82. The highest BCUT2D eigenvalue weighted by Gasteiger charge is 2.18. The van der Waals surface area contributed by atoms with Gasteiger partial charge in [0.25, 0.3) is 0 Å². The van der Waals surface area contributed by atoms with Crippen LogP contribution in [0.15, 0.2) is 29.2 Å². The molecule has 0 bridgehead atoms. The summed E-state index contributed by atoms with van der Waals surface area (Å²) in [5.74, 6) is 1.79. The van der Waals surface area contributed by atoms with Gasteiger partial charge in [0.05, 0.1) is 0 Å². The van der Waals surface area contributed by atoms with Crippen molar-refractivity contribution in [1.82, 2.24) is 10.2 Å². The average Bonchev–Trinajstić information content (AvgIpc) is 2.48. The van der Waals surface area contributed by atoms with Crippen molar-refractivity contribution in [3.8, 4) is 0 Å². The quantitative estimate of drug-likeness (QED) is 0.778. The van der Waals surface area contributed by atoms with E-state index in [2.05, 4.69) is 17.1 Å². The molecule has 1 aromatic carbocycles. The Labute approximate surface area is 126 Å². The lowest BCUT2D eigenvalue weighted by Crippen LogP contribution is -2.38. The molecule has 4 heteroatoms. The molecule has 0 spiro atoms. The van der Waals surface area contributed by atoms with Crippen LogP contribution in [0.1, 0.15) is 19.8 Å². The topological polar surface area (TPSA) is 15.3 Å². The summed E-state index contributed by atoms with van der Waals surface area (Å²) in [6.45, 7) is 8.00. The van der Waals surface area contributed by atoms with Gasteiger partial charge in [0.1, 0.15) is 5.82 Å². The van der Waals surface area contributed by atoms with Gasteiger partial charge in [-0.3, -0.25) is 0 Å². The van der Waals surface area contributed by atoms with Gasteiger partial charge in [-0.15, -0.1) is 11.8 Å². The second-order valence-corrected chi connectivity index (χ2v) is 6.56. The highest BCUT2D eigenvalue weighted by Crippen LogP contribution is 2.20. The molecular weight excluding hydrogens is 271 g/mol. The number of likely N-dealkylation sites (tertiary alicyclic amines) is 1. The second kappa shape index (κ2) is 8.65. The largest absolute Gasteiger partial charge is 0.317 e. The summed E-state index contributed by atoms with van der Waals surface area (Å²) in [5.41, 5.74) is 0. The van der Waals surface area contributed by atoms with Gasteiger partial charge in [0.2, 0.25) is 0 Å². The molecule has 0 radical (unpaired) electrons. The van der Waals surface area contributed by atoms with Crippen molar-refractivity contribution >= 4 is 11.8 Å². The van der Waals surface area contributed by atoms with Gasteiger partial charge < -0.3 is 10.2 Å². The van der Waals surface area contributed by atoms with Crippen molar-refractivity contribution in [3.05, 3.63) is 30.1 Å². The Morgan fingerprint density at radius 2 is 1.95 bits per heavy atom. The molecule has 1 saturated heterocycles. The SMILES string of the molecule is CCNCC1CCN(CCSc2ccc(F)cc2)CC1. The van der Waals surface area contributed by atoms with Gasteiger partial charge in [-0.1, -0.05) is 6.92 Å². The predicted molar refractivity (Wildman–Crippen MR) is 84.8 cm³/mol. The van der Waals surface area contributed by atoms with Crippen LogP contribution in [0, 0.1) is 11.7 Å². The summed E-state index contributed by atoms with van der Waals surface area (Å²) in [4.78, 5) is 3.72. The fourth-order valence-corrected chi connectivity index (χ4v) is 3.50. The van der Waals surface area contributed by atoms with E-state index in [1.807, 2.05) is 23.9 Å². The highest BCUT2D eigenvalue weighted by atomic mass is 32.2. The number of rotatable bonds is 7. The Morgan fingerprint density at radius 3 is 2.60 bits per heavy atom. The lowest BCUT2D eigenvalue weighted by atomic mass is 9.97. The molecule has 1 fully saturated rings. The third-order valence-corrected chi connectivity index (χ3v) is 4.87. The van der Waals surface area contributed by atoms with Crippen molar-refractivity contribution in [2.24, 2.45) is 5.92 Å². The number of hydrogen-bond acceptors (Lipinski definition) is 3. The van der Waals surface area contributed by atoms with E-state index in [0.29, 0.717) is 0 Å². The maximum Gasteiger partial charge on any atom is 0.123 e. The van der Waals surface area contributed by atoms with Gasteiger partial charge in [0, 0.05) is 17.2 Å². The molecule has 0 aromatic heterocycles. The van der Waals surface area contributed by atoms with Crippen LogP contribution in [0.3, 0.4) is 0 Å². The van der Waals surface area contributed by atoms with Gasteiger partial charge in [-0.05, 0) is 69.2 Å². The zero-order chi connectivity index (χ0) is 14.2. The van der Waals surface area contributed by atoms with E-state index in [-0.39, 0.29) is 5.82 Å². The molecule has 0 aliphatic carbocycles. The number of halogens is 1. The minimum absolute atomic E-state index is 0.155. The van der Waals surface area contributed by atoms with Crippen LogP contribution in [0.4, 0.5) is 4.39 Å². The lowest BCUT2D eigenvalue weighted by molar-refractivity contribution is 0.192. The first kappa shape index (κ1) is 15.8. The van der Waals surface area contributed by atoms with Crippen molar-refractivity contribution in [1.29, 1.82) is 0 Å². The summed E-state index contributed by atoms with van der Waals surface area (Å²) in [6, 6.07) is 6.80. The molecule has 20 heavy (non-hydrogen) atoms. The molecule has 0 unspecified atom stereocenters. The smallest absolute Gasteiger partial charge is 0.123 e. The third kappa shape index (κ3) is 5.43. The van der Waals surface area contributed by atoms with Crippen LogP contribution in [-0.4, -0.2) is 43.4 Å². The van der Waals surface area contributed by atoms with E-state index >= 15 is 0 Å². The Bertz CT molecular complexity index is 375. The molecule has 1 aliphatic rings. The zero-order valence-electron chi connectivity index (χ0n) is 12.3. The minimum Gasteiger partial charge on any atom is -0.317 e. The number of benzene rings is 1. The van der Waals surface area contributed by atoms with E-state index in [4.69, 9.17) is 0 Å². The van der Waals surface area contributed by atoms with Gasteiger partial charge >= 0.3 is 0 Å². The number of piperidine rings is 1. The van der Waals surface area contributed by atoms with Crippen molar-refractivity contribution in [2.75, 3.05) is 38.5 Å². The predicted octanol–water partition coefficient (Wildman–Crippen LogP) is 3.24. The van der Waals surface area contributed by atoms with E-state index in [9.17, 15) is 4.39 Å². The molecule has 2 rings (SSSR count). The lowest BCUT2D eigenvalue weighted by Gasteiger charge is -2.31. The van der Waals surface area contributed by atoms with E-state index in [1.165, 1.54) is 44.6 Å². The van der Waals surface area contributed by atoms with Crippen LogP contribution < -0.4 is 5.32 Å². The van der Waals surface area contributed by atoms with Gasteiger partial charge in [-0.2, -0.15) is 0 Å². The number of thioether (sulfide) groups is 1. The van der Waals surface area contributed by atoms with Crippen molar-refractivity contribution < 1.29 is 4.39 Å². The molecule has 0 saturated carbocycles. The fraction of sp³-hybridized carbons (Fsp3) is 0.625. The molecule has 2 nitrogen and oxygen atoms in total. The number of hydrogen-bond donors (Lipinski definition) is 1. The molecular formula is C16H25FN2S.